The number of ether oxygens (including phenoxy) is 2. The Kier molecular flexibility index (Phi) is 5.01. The van der Waals surface area contributed by atoms with Crippen molar-refractivity contribution in [2.75, 3.05) is 14.2 Å². The third-order valence-electron chi connectivity index (χ3n) is 5.69. The fourth-order valence-corrected chi connectivity index (χ4v) is 4.36. The van der Waals surface area contributed by atoms with E-state index < -0.39 is 0 Å². The van der Waals surface area contributed by atoms with E-state index in [0.29, 0.717) is 35.6 Å². The van der Waals surface area contributed by atoms with Gasteiger partial charge in [-0.25, -0.2) is 0 Å². The highest BCUT2D eigenvalue weighted by Crippen LogP contribution is 2.45. The van der Waals surface area contributed by atoms with Crippen molar-refractivity contribution in [1.82, 2.24) is 5.32 Å². The molecule has 0 unspecified atom stereocenters. The molecule has 0 saturated carbocycles. The molecule has 2 aromatic carbocycles. The van der Waals surface area contributed by atoms with Gasteiger partial charge in [0.2, 0.25) is 5.91 Å². The van der Waals surface area contributed by atoms with Gasteiger partial charge in [-0.15, -0.1) is 0 Å². The maximum atomic E-state index is 13.2. The quantitative estimate of drug-likeness (QED) is 0.832. The van der Waals surface area contributed by atoms with E-state index in [2.05, 4.69) is 5.32 Å². The second kappa shape index (κ2) is 7.62. The van der Waals surface area contributed by atoms with Gasteiger partial charge in [0.1, 0.15) is 17.2 Å². The van der Waals surface area contributed by atoms with E-state index in [-0.39, 0.29) is 35.7 Å². The van der Waals surface area contributed by atoms with Crippen molar-refractivity contribution in [3.8, 4) is 17.2 Å². The molecule has 2 N–H and O–H groups in total. The van der Waals surface area contributed by atoms with Crippen molar-refractivity contribution in [2.45, 2.75) is 31.1 Å². The van der Waals surface area contributed by atoms with E-state index in [1.807, 2.05) is 24.3 Å². The molecule has 0 aromatic heterocycles. The fourth-order valence-electron chi connectivity index (χ4n) is 4.36. The predicted molar refractivity (Wildman–Crippen MR) is 107 cm³/mol. The SMILES string of the molecule is COc1ccc(OC)c([C@@H]2CC(=O)C3=C(C2)NC(=O)C[C@H]3c2cccc(O)c2)c1. The number of rotatable bonds is 4. The fraction of sp³-hybridized carbons (Fsp3) is 0.304. The van der Waals surface area contributed by atoms with E-state index >= 15 is 0 Å². The summed E-state index contributed by atoms with van der Waals surface area (Å²) in [4.78, 5) is 25.6. The topological polar surface area (TPSA) is 84.9 Å². The zero-order chi connectivity index (χ0) is 20.5. The van der Waals surface area contributed by atoms with Gasteiger partial charge in [-0.3, -0.25) is 9.59 Å². The Morgan fingerprint density at radius 1 is 1.00 bits per heavy atom. The molecule has 4 rings (SSSR count). The van der Waals surface area contributed by atoms with Crippen LogP contribution in [0.15, 0.2) is 53.7 Å². The molecule has 0 spiro atoms. The Bertz CT molecular complexity index is 1010. The molecular weight excluding hydrogens is 370 g/mol. The van der Waals surface area contributed by atoms with E-state index in [9.17, 15) is 14.7 Å². The Hall–Kier alpha value is -3.28. The van der Waals surface area contributed by atoms with Crippen LogP contribution in [0, 0.1) is 0 Å². The number of hydrogen-bond acceptors (Lipinski definition) is 5. The van der Waals surface area contributed by atoms with Crippen LogP contribution in [-0.2, 0) is 9.59 Å². The Morgan fingerprint density at radius 3 is 2.55 bits per heavy atom. The summed E-state index contributed by atoms with van der Waals surface area (Å²) in [6, 6.07) is 12.3. The number of ketones is 1. The summed E-state index contributed by atoms with van der Waals surface area (Å²) in [5.74, 6) is 0.939. The monoisotopic (exact) mass is 393 g/mol. The molecule has 6 nitrogen and oxygen atoms in total. The summed E-state index contributed by atoms with van der Waals surface area (Å²) in [5, 5.41) is 12.8. The van der Waals surface area contributed by atoms with Gasteiger partial charge in [-0.2, -0.15) is 0 Å². The van der Waals surface area contributed by atoms with Crippen molar-refractivity contribution >= 4 is 11.7 Å². The number of phenols is 1. The number of allylic oxidation sites excluding steroid dienone is 2. The van der Waals surface area contributed by atoms with Gasteiger partial charge in [-0.05, 0) is 42.3 Å². The maximum Gasteiger partial charge on any atom is 0.225 e. The molecule has 0 saturated heterocycles. The largest absolute Gasteiger partial charge is 0.508 e. The zero-order valence-electron chi connectivity index (χ0n) is 16.4. The lowest BCUT2D eigenvalue weighted by atomic mass is 9.73. The maximum absolute atomic E-state index is 13.2. The molecule has 0 radical (unpaired) electrons. The normalized spacial score (nSPS) is 21.4. The summed E-state index contributed by atoms with van der Waals surface area (Å²) in [6.45, 7) is 0. The van der Waals surface area contributed by atoms with E-state index in [4.69, 9.17) is 9.47 Å². The number of phenolic OH excluding ortho intramolecular Hbond substituents is 1. The highest BCUT2D eigenvalue weighted by Gasteiger charge is 2.39. The number of amides is 1. The number of carbonyl (C=O) groups excluding carboxylic acids is 2. The average Bonchev–Trinajstić information content (AvgIpc) is 2.72. The first-order valence-electron chi connectivity index (χ1n) is 9.57. The number of benzene rings is 2. The highest BCUT2D eigenvalue weighted by molar-refractivity contribution is 6.02. The van der Waals surface area contributed by atoms with Crippen LogP contribution in [0.1, 0.15) is 42.2 Å². The Balaban J connectivity index is 1.74. The van der Waals surface area contributed by atoms with Crippen molar-refractivity contribution < 1.29 is 24.2 Å². The molecule has 0 bridgehead atoms. The van der Waals surface area contributed by atoms with Gasteiger partial charge in [0.25, 0.3) is 0 Å². The standard InChI is InChI=1S/C23H23NO5/c1-28-16-6-7-21(29-2)17(11-16)14-9-19-23(20(26)10-14)18(12-22(27)24-19)13-4-3-5-15(25)8-13/h3-8,11,14,18,25H,9-10,12H2,1-2H3,(H,24,27)/t14-,18-/m0/s1. The Morgan fingerprint density at radius 2 is 1.83 bits per heavy atom. The average molecular weight is 393 g/mol. The molecule has 1 aliphatic carbocycles. The molecule has 1 heterocycles. The van der Waals surface area contributed by atoms with Crippen molar-refractivity contribution in [1.29, 1.82) is 0 Å². The van der Waals surface area contributed by atoms with Gasteiger partial charge in [0, 0.05) is 41.5 Å². The van der Waals surface area contributed by atoms with E-state index in [1.54, 1.807) is 32.4 Å². The number of hydrogen-bond donors (Lipinski definition) is 2. The van der Waals surface area contributed by atoms with Crippen LogP contribution in [-0.4, -0.2) is 31.0 Å². The summed E-state index contributed by atoms with van der Waals surface area (Å²) in [6.07, 6.45) is 1.06. The minimum atomic E-state index is -0.341. The van der Waals surface area contributed by atoms with E-state index in [0.717, 1.165) is 11.1 Å². The molecular formula is C23H23NO5. The minimum Gasteiger partial charge on any atom is -0.508 e. The number of Topliss-reactive ketones (excluding diaryl/α,β-unsaturated/α-hetero) is 1. The van der Waals surface area contributed by atoms with Crippen LogP contribution < -0.4 is 14.8 Å². The smallest absolute Gasteiger partial charge is 0.225 e. The molecule has 0 fully saturated rings. The summed E-state index contributed by atoms with van der Waals surface area (Å²) in [7, 11) is 3.19. The zero-order valence-corrected chi connectivity index (χ0v) is 16.4. The molecule has 6 heteroatoms. The minimum absolute atomic E-state index is 0.00876. The molecule has 1 amide bonds. The van der Waals surface area contributed by atoms with Crippen LogP contribution >= 0.6 is 0 Å². The number of aromatic hydroxyl groups is 1. The predicted octanol–water partition coefficient (Wildman–Crippen LogP) is 3.41. The van der Waals surface area contributed by atoms with Crippen molar-refractivity contribution in [2.24, 2.45) is 0 Å². The molecule has 150 valence electrons. The van der Waals surface area contributed by atoms with Crippen LogP contribution in [0.3, 0.4) is 0 Å². The van der Waals surface area contributed by atoms with Gasteiger partial charge >= 0.3 is 0 Å². The lowest BCUT2D eigenvalue weighted by Gasteiger charge is -2.35. The third kappa shape index (κ3) is 3.58. The molecule has 2 aromatic rings. The Labute approximate surface area is 169 Å². The lowest BCUT2D eigenvalue weighted by molar-refractivity contribution is -0.122. The first kappa shape index (κ1) is 19.1. The number of carbonyl (C=O) groups is 2. The third-order valence-corrected chi connectivity index (χ3v) is 5.69. The second-order valence-corrected chi connectivity index (χ2v) is 7.43. The first-order valence-corrected chi connectivity index (χ1v) is 9.57. The van der Waals surface area contributed by atoms with Gasteiger partial charge in [-0.1, -0.05) is 12.1 Å². The van der Waals surface area contributed by atoms with Gasteiger partial charge < -0.3 is 19.9 Å². The molecule has 2 atom stereocenters. The van der Waals surface area contributed by atoms with Crippen molar-refractivity contribution in [3.63, 3.8) is 0 Å². The number of methoxy groups -OCH3 is 2. The van der Waals surface area contributed by atoms with Crippen LogP contribution in [0.5, 0.6) is 17.2 Å². The molecule has 2 aliphatic rings. The second-order valence-electron chi connectivity index (χ2n) is 7.43. The lowest BCUT2D eigenvalue weighted by Crippen LogP contribution is -2.38. The highest BCUT2D eigenvalue weighted by atomic mass is 16.5. The van der Waals surface area contributed by atoms with Crippen LogP contribution in [0.2, 0.25) is 0 Å². The van der Waals surface area contributed by atoms with Crippen LogP contribution in [0.4, 0.5) is 0 Å². The summed E-state index contributed by atoms with van der Waals surface area (Å²) in [5.41, 5.74) is 2.98. The summed E-state index contributed by atoms with van der Waals surface area (Å²) >= 11 is 0. The van der Waals surface area contributed by atoms with Gasteiger partial charge in [0.15, 0.2) is 5.78 Å². The van der Waals surface area contributed by atoms with Crippen molar-refractivity contribution in [3.05, 3.63) is 64.9 Å². The molecule has 1 aliphatic heterocycles. The molecule has 29 heavy (non-hydrogen) atoms. The number of nitrogens with one attached hydrogen (secondary N) is 1. The first-order chi connectivity index (χ1) is 14.0. The van der Waals surface area contributed by atoms with Crippen LogP contribution in [0.25, 0.3) is 0 Å². The summed E-state index contributed by atoms with van der Waals surface area (Å²) < 4.78 is 10.8. The van der Waals surface area contributed by atoms with Gasteiger partial charge in [0.05, 0.1) is 14.2 Å². The van der Waals surface area contributed by atoms with E-state index in [1.165, 1.54) is 0 Å².